The average Bonchev–Trinajstić information content (AvgIpc) is 3.32. The van der Waals surface area contributed by atoms with Gasteiger partial charge in [0, 0.05) is 35.0 Å². The Bertz CT molecular complexity index is 1370. The normalized spacial score (nSPS) is 17.0. The van der Waals surface area contributed by atoms with Gasteiger partial charge in [0.15, 0.2) is 5.84 Å². The maximum absolute atomic E-state index is 12.8. The largest absolute Gasteiger partial charge is 0.318 e. The Balaban J connectivity index is 1.52. The number of aliphatic imine (C=N–C) groups is 1. The first kappa shape index (κ1) is 20.1. The Hall–Kier alpha value is -3.78. The lowest BCUT2D eigenvalue weighted by molar-refractivity contribution is -0.114. The molecular formula is C24H20N6OS. The Morgan fingerprint density at radius 3 is 2.69 bits per heavy atom. The summed E-state index contributed by atoms with van der Waals surface area (Å²) in [5.41, 5.74) is 6.20. The number of aryl methyl sites for hydroxylation is 2. The maximum Gasteiger partial charge on any atom is 0.283 e. The van der Waals surface area contributed by atoms with E-state index < -0.39 is 5.91 Å². The van der Waals surface area contributed by atoms with Crippen LogP contribution in [0.15, 0.2) is 70.5 Å². The zero-order valence-corrected chi connectivity index (χ0v) is 18.6. The number of nitrogens with one attached hydrogen (secondary N) is 1. The first-order valence-electron chi connectivity index (χ1n) is 10.1. The van der Waals surface area contributed by atoms with Gasteiger partial charge in [-0.1, -0.05) is 12.1 Å². The van der Waals surface area contributed by atoms with Crippen molar-refractivity contribution in [3.05, 3.63) is 88.5 Å². The molecule has 3 aromatic rings. The standard InChI is InChI=1S/C24H20N6OS/c1-14-6-4-8-19(10-14)29-15(2)11-18(16(29)3)12-20-21(25)30-24(27-22(20)31)32-23(28-30)17-7-5-9-26-13-17/h4-13,25H,1-3H3/b20-12+,25-21?. The molecule has 0 radical (unpaired) electrons. The number of carbonyl (C=O) groups excluding carboxylic acids is 1. The molecule has 0 spiro atoms. The van der Waals surface area contributed by atoms with Crippen molar-refractivity contribution in [2.45, 2.75) is 20.8 Å². The zero-order chi connectivity index (χ0) is 22.4. The number of aromatic nitrogens is 2. The molecule has 0 atom stereocenters. The summed E-state index contributed by atoms with van der Waals surface area (Å²) in [6, 6.07) is 14.0. The molecule has 1 aromatic carbocycles. The van der Waals surface area contributed by atoms with Gasteiger partial charge in [0.25, 0.3) is 5.91 Å². The lowest BCUT2D eigenvalue weighted by atomic mass is 10.1. The molecule has 0 saturated carbocycles. The first-order chi connectivity index (χ1) is 15.4. The number of rotatable bonds is 3. The molecule has 1 N–H and O–H groups in total. The van der Waals surface area contributed by atoms with E-state index in [0.717, 1.165) is 28.2 Å². The maximum atomic E-state index is 12.8. The number of hydrogen-bond donors (Lipinski definition) is 1. The Kier molecular flexibility index (Phi) is 4.86. The van der Waals surface area contributed by atoms with Gasteiger partial charge in [0.1, 0.15) is 5.04 Å². The van der Waals surface area contributed by atoms with Crippen LogP contribution in [0.1, 0.15) is 28.1 Å². The number of carbonyl (C=O) groups is 1. The van der Waals surface area contributed by atoms with Gasteiger partial charge in [0.05, 0.1) is 5.57 Å². The molecule has 4 heterocycles. The topological polar surface area (TPSA) is 86.7 Å². The summed E-state index contributed by atoms with van der Waals surface area (Å²) in [5.74, 6) is -0.413. The van der Waals surface area contributed by atoms with Crippen molar-refractivity contribution in [2.24, 2.45) is 10.1 Å². The number of nitrogens with zero attached hydrogens (tertiary/aromatic N) is 5. The average molecular weight is 441 g/mol. The second-order valence-electron chi connectivity index (χ2n) is 7.67. The lowest BCUT2D eigenvalue weighted by Crippen LogP contribution is -2.35. The molecule has 32 heavy (non-hydrogen) atoms. The van der Waals surface area contributed by atoms with Crippen LogP contribution in [-0.2, 0) is 4.79 Å². The molecule has 5 rings (SSSR count). The van der Waals surface area contributed by atoms with Gasteiger partial charge in [-0.25, -0.2) is 0 Å². The van der Waals surface area contributed by atoms with E-state index in [1.165, 1.54) is 22.3 Å². The smallest absolute Gasteiger partial charge is 0.283 e. The SMILES string of the molecule is Cc1cccc(-n2c(C)cc(/C=C3\C(=N)N4N=C(c5cccnc5)SC4=NC3=O)c2C)c1. The van der Waals surface area contributed by atoms with E-state index >= 15 is 0 Å². The minimum absolute atomic E-state index is 0.0201. The van der Waals surface area contributed by atoms with Crippen molar-refractivity contribution in [1.82, 2.24) is 14.6 Å². The molecule has 2 aromatic heterocycles. The number of fused-ring (bicyclic) bond motifs is 1. The summed E-state index contributed by atoms with van der Waals surface area (Å²) >= 11 is 1.26. The molecule has 8 heteroatoms. The van der Waals surface area contributed by atoms with Crippen molar-refractivity contribution in [1.29, 1.82) is 5.41 Å². The quantitative estimate of drug-likeness (QED) is 0.609. The van der Waals surface area contributed by atoms with Gasteiger partial charge >= 0.3 is 0 Å². The number of thioether (sulfide) groups is 1. The summed E-state index contributed by atoms with van der Waals surface area (Å²) in [4.78, 5) is 21.1. The van der Waals surface area contributed by atoms with Crippen LogP contribution in [-0.4, -0.2) is 36.5 Å². The van der Waals surface area contributed by atoms with E-state index in [4.69, 9.17) is 5.41 Å². The van der Waals surface area contributed by atoms with Crippen molar-refractivity contribution in [2.75, 3.05) is 0 Å². The summed E-state index contributed by atoms with van der Waals surface area (Å²) < 4.78 is 2.15. The van der Waals surface area contributed by atoms with E-state index in [1.54, 1.807) is 18.5 Å². The van der Waals surface area contributed by atoms with Crippen LogP contribution < -0.4 is 0 Å². The number of hydrogen-bond acceptors (Lipinski definition) is 5. The monoisotopic (exact) mass is 440 g/mol. The predicted molar refractivity (Wildman–Crippen MR) is 128 cm³/mol. The zero-order valence-electron chi connectivity index (χ0n) is 17.8. The Morgan fingerprint density at radius 2 is 1.94 bits per heavy atom. The van der Waals surface area contributed by atoms with Gasteiger partial charge in [0.2, 0.25) is 5.17 Å². The van der Waals surface area contributed by atoms with Crippen LogP contribution in [0, 0.1) is 26.2 Å². The van der Waals surface area contributed by atoms with Crippen LogP contribution in [0.25, 0.3) is 11.8 Å². The van der Waals surface area contributed by atoms with Crippen LogP contribution >= 0.6 is 11.8 Å². The molecule has 0 unspecified atom stereocenters. The highest BCUT2D eigenvalue weighted by Gasteiger charge is 2.36. The van der Waals surface area contributed by atoms with Crippen LogP contribution in [0.4, 0.5) is 0 Å². The number of amides is 1. The van der Waals surface area contributed by atoms with E-state index in [1.807, 2.05) is 38.1 Å². The van der Waals surface area contributed by atoms with Crippen LogP contribution in [0.5, 0.6) is 0 Å². The van der Waals surface area contributed by atoms with Crippen molar-refractivity contribution in [3.8, 4) is 5.69 Å². The molecule has 0 aliphatic carbocycles. The lowest BCUT2D eigenvalue weighted by Gasteiger charge is -2.20. The highest BCUT2D eigenvalue weighted by Crippen LogP contribution is 2.31. The summed E-state index contributed by atoms with van der Waals surface area (Å²) in [7, 11) is 0. The fourth-order valence-electron chi connectivity index (χ4n) is 3.85. The molecule has 1 amide bonds. The van der Waals surface area contributed by atoms with Gasteiger partial charge < -0.3 is 4.57 Å². The number of hydrazone groups is 1. The van der Waals surface area contributed by atoms with E-state index in [-0.39, 0.29) is 11.4 Å². The molecule has 0 saturated heterocycles. The van der Waals surface area contributed by atoms with Gasteiger partial charge in [-0.15, -0.1) is 0 Å². The Labute approximate surface area is 189 Å². The van der Waals surface area contributed by atoms with Gasteiger partial charge in [-0.2, -0.15) is 15.1 Å². The molecule has 0 bridgehead atoms. The number of pyridine rings is 1. The van der Waals surface area contributed by atoms with E-state index in [0.29, 0.717) is 10.2 Å². The second kappa shape index (κ2) is 7.72. The third kappa shape index (κ3) is 3.38. The van der Waals surface area contributed by atoms with Crippen LogP contribution in [0.2, 0.25) is 0 Å². The summed E-state index contributed by atoms with van der Waals surface area (Å²) in [6.07, 6.45) is 5.13. The van der Waals surface area contributed by atoms with Crippen molar-refractivity contribution in [3.63, 3.8) is 0 Å². The van der Waals surface area contributed by atoms with Crippen molar-refractivity contribution < 1.29 is 4.79 Å². The number of amidine groups is 2. The van der Waals surface area contributed by atoms with Crippen LogP contribution in [0.3, 0.4) is 0 Å². The minimum atomic E-state index is -0.434. The van der Waals surface area contributed by atoms with E-state index in [2.05, 4.69) is 44.8 Å². The van der Waals surface area contributed by atoms with Gasteiger partial charge in [-0.3, -0.25) is 15.2 Å². The summed E-state index contributed by atoms with van der Waals surface area (Å²) in [5, 5.41) is 15.6. The molecule has 158 valence electrons. The fraction of sp³-hybridized carbons (Fsp3) is 0.125. The highest BCUT2D eigenvalue weighted by molar-refractivity contribution is 8.27. The predicted octanol–water partition coefficient (Wildman–Crippen LogP) is 4.47. The minimum Gasteiger partial charge on any atom is -0.318 e. The molecule has 7 nitrogen and oxygen atoms in total. The fourth-order valence-corrected chi connectivity index (χ4v) is 4.73. The third-order valence-corrected chi connectivity index (χ3v) is 6.35. The highest BCUT2D eigenvalue weighted by atomic mass is 32.2. The van der Waals surface area contributed by atoms with E-state index in [9.17, 15) is 4.79 Å². The molecule has 2 aliphatic rings. The Morgan fingerprint density at radius 1 is 1.09 bits per heavy atom. The third-order valence-electron chi connectivity index (χ3n) is 5.39. The first-order valence-corrected chi connectivity index (χ1v) is 10.9. The number of benzene rings is 1. The van der Waals surface area contributed by atoms with Crippen molar-refractivity contribution >= 4 is 39.8 Å². The summed E-state index contributed by atoms with van der Waals surface area (Å²) in [6.45, 7) is 6.10. The molecule has 2 aliphatic heterocycles. The molecule has 0 fully saturated rings. The molecular weight excluding hydrogens is 420 g/mol. The van der Waals surface area contributed by atoms with Gasteiger partial charge in [-0.05, 0) is 80.1 Å². The second-order valence-corrected chi connectivity index (χ2v) is 8.62.